The molecule has 1 amide bonds. The van der Waals surface area contributed by atoms with Gasteiger partial charge >= 0.3 is 0 Å². The highest BCUT2D eigenvalue weighted by atomic mass is 16.3. The minimum Gasteiger partial charge on any atom is -0.461 e. The van der Waals surface area contributed by atoms with Gasteiger partial charge in [-0.05, 0) is 37.1 Å². The summed E-state index contributed by atoms with van der Waals surface area (Å²) in [7, 11) is 0. The van der Waals surface area contributed by atoms with Crippen LogP contribution in [-0.4, -0.2) is 40.4 Å². The predicted molar refractivity (Wildman–Crippen MR) is 80.9 cm³/mol. The number of hydrogen-bond acceptors (Lipinski definition) is 5. The van der Waals surface area contributed by atoms with Crippen molar-refractivity contribution in [1.82, 2.24) is 9.88 Å². The van der Waals surface area contributed by atoms with Crippen molar-refractivity contribution < 1.29 is 18.8 Å². The molecule has 6 nitrogen and oxygen atoms in total. The largest absolute Gasteiger partial charge is 0.461 e. The number of nitrogens with zero attached hydrogens (tertiary/aromatic N) is 2. The lowest BCUT2D eigenvalue weighted by Crippen LogP contribution is -2.45. The summed E-state index contributed by atoms with van der Waals surface area (Å²) in [5.41, 5.74) is 0.393. The van der Waals surface area contributed by atoms with Crippen molar-refractivity contribution in [2.24, 2.45) is 5.92 Å². The summed E-state index contributed by atoms with van der Waals surface area (Å²) in [5, 5.41) is 0. The summed E-state index contributed by atoms with van der Waals surface area (Å²) in [5.74, 6) is -1.70. The number of Topliss-reactive ketones (excluding diaryl/α,β-unsaturated/α-hetero) is 2. The van der Waals surface area contributed by atoms with Crippen LogP contribution in [0.4, 0.5) is 0 Å². The molecule has 0 aliphatic carbocycles. The minimum absolute atomic E-state index is 0.0215. The van der Waals surface area contributed by atoms with E-state index in [1.165, 1.54) is 17.2 Å². The molecular formula is C17H16N2O4. The Kier molecular flexibility index (Phi) is 4.32. The van der Waals surface area contributed by atoms with Crippen molar-refractivity contribution in [3.05, 3.63) is 54.2 Å². The fourth-order valence-corrected chi connectivity index (χ4v) is 2.75. The quantitative estimate of drug-likeness (QED) is 0.637. The van der Waals surface area contributed by atoms with Gasteiger partial charge in [-0.1, -0.05) is 6.07 Å². The molecular weight excluding hydrogens is 296 g/mol. The highest BCUT2D eigenvalue weighted by Gasteiger charge is 2.33. The standard InChI is InChI=1S/C17H16N2O4/c20-15(13-6-1-2-8-18-13)12-5-3-9-19(11-12)17(22)16(21)14-7-4-10-23-14/h1-2,4,6-8,10,12H,3,5,9,11H2. The van der Waals surface area contributed by atoms with Crippen molar-refractivity contribution >= 4 is 17.5 Å². The molecule has 1 atom stereocenters. The number of pyridine rings is 1. The normalized spacial score (nSPS) is 17.7. The number of hydrogen-bond donors (Lipinski definition) is 0. The third-order valence-corrected chi connectivity index (χ3v) is 3.94. The molecule has 0 bridgehead atoms. The van der Waals surface area contributed by atoms with Crippen molar-refractivity contribution in [3.8, 4) is 0 Å². The number of amides is 1. The molecule has 6 heteroatoms. The van der Waals surface area contributed by atoms with Crippen LogP contribution in [0.2, 0.25) is 0 Å². The van der Waals surface area contributed by atoms with Gasteiger partial charge in [-0.2, -0.15) is 0 Å². The molecule has 0 aromatic carbocycles. The second-order valence-corrected chi connectivity index (χ2v) is 5.48. The van der Waals surface area contributed by atoms with E-state index in [0.29, 0.717) is 25.1 Å². The van der Waals surface area contributed by atoms with E-state index >= 15 is 0 Å². The zero-order valence-electron chi connectivity index (χ0n) is 12.5. The Balaban J connectivity index is 1.70. The topological polar surface area (TPSA) is 80.5 Å². The maximum atomic E-state index is 12.5. The Morgan fingerprint density at radius 3 is 2.74 bits per heavy atom. The number of likely N-dealkylation sites (tertiary alicyclic amines) is 1. The first kappa shape index (κ1) is 15.1. The number of carbonyl (C=O) groups is 3. The molecule has 0 saturated carbocycles. The molecule has 1 fully saturated rings. The fraction of sp³-hybridized carbons (Fsp3) is 0.294. The highest BCUT2D eigenvalue weighted by molar-refractivity contribution is 6.41. The lowest BCUT2D eigenvalue weighted by molar-refractivity contribution is -0.127. The van der Waals surface area contributed by atoms with Crippen molar-refractivity contribution in [2.45, 2.75) is 12.8 Å². The van der Waals surface area contributed by atoms with Crippen LogP contribution in [0.15, 0.2) is 47.2 Å². The number of furan rings is 1. The molecule has 0 N–H and O–H groups in total. The maximum Gasteiger partial charge on any atom is 0.298 e. The third-order valence-electron chi connectivity index (χ3n) is 3.94. The zero-order valence-corrected chi connectivity index (χ0v) is 12.5. The van der Waals surface area contributed by atoms with Crippen molar-refractivity contribution in [1.29, 1.82) is 0 Å². The van der Waals surface area contributed by atoms with Crippen LogP contribution in [0, 0.1) is 5.92 Å². The zero-order chi connectivity index (χ0) is 16.2. The van der Waals surface area contributed by atoms with Gasteiger partial charge in [-0.3, -0.25) is 19.4 Å². The lowest BCUT2D eigenvalue weighted by atomic mass is 9.91. The molecule has 118 valence electrons. The monoisotopic (exact) mass is 312 g/mol. The summed E-state index contributed by atoms with van der Waals surface area (Å²) in [6, 6.07) is 8.18. The maximum absolute atomic E-state index is 12.5. The first-order valence-electron chi connectivity index (χ1n) is 7.49. The third kappa shape index (κ3) is 3.21. The Morgan fingerprint density at radius 2 is 2.04 bits per heavy atom. The van der Waals surface area contributed by atoms with Gasteiger partial charge in [0.2, 0.25) is 0 Å². The predicted octanol–water partition coefficient (Wildman–Crippen LogP) is 1.98. The Bertz CT molecular complexity index is 709. The van der Waals surface area contributed by atoms with Gasteiger partial charge in [0, 0.05) is 25.2 Å². The van der Waals surface area contributed by atoms with Crippen LogP contribution < -0.4 is 0 Å². The molecule has 1 aliphatic rings. The number of ketones is 2. The number of piperidine rings is 1. The van der Waals surface area contributed by atoms with E-state index in [1.807, 2.05) is 0 Å². The fourth-order valence-electron chi connectivity index (χ4n) is 2.75. The first-order chi connectivity index (χ1) is 11.2. The number of rotatable bonds is 4. The molecule has 3 rings (SSSR count). The van der Waals surface area contributed by atoms with Gasteiger partial charge in [0.25, 0.3) is 11.7 Å². The number of carbonyl (C=O) groups excluding carboxylic acids is 3. The average molecular weight is 312 g/mol. The van der Waals surface area contributed by atoms with Crippen LogP contribution in [0.5, 0.6) is 0 Å². The molecule has 2 aromatic heterocycles. The van der Waals surface area contributed by atoms with Crippen LogP contribution in [0.25, 0.3) is 0 Å². The van der Waals surface area contributed by atoms with Gasteiger partial charge in [0.1, 0.15) is 5.69 Å². The Morgan fingerprint density at radius 1 is 1.17 bits per heavy atom. The van der Waals surface area contributed by atoms with E-state index in [4.69, 9.17) is 4.42 Å². The summed E-state index contributed by atoms with van der Waals surface area (Å²) in [4.78, 5) is 42.3. The second kappa shape index (κ2) is 6.56. The molecule has 2 aromatic rings. The Labute approximate surface area is 133 Å². The summed E-state index contributed by atoms with van der Waals surface area (Å²) < 4.78 is 4.98. The van der Waals surface area contributed by atoms with Gasteiger partial charge in [-0.15, -0.1) is 0 Å². The van der Waals surface area contributed by atoms with E-state index < -0.39 is 11.7 Å². The second-order valence-electron chi connectivity index (χ2n) is 5.48. The molecule has 1 saturated heterocycles. The van der Waals surface area contributed by atoms with Crippen LogP contribution in [0.1, 0.15) is 33.9 Å². The van der Waals surface area contributed by atoms with E-state index in [-0.39, 0.29) is 24.0 Å². The molecule has 3 heterocycles. The smallest absolute Gasteiger partial charge is 0.298 e. The minimum atomic E-state index is -0.680. The Hall–Kier alpha value is -2.76. The molecule has 23 heavy (non-hydrogen) atoms. The molecule has 1 aliphatic heterocycles. The van der Waals surface area contributed by atoms with Crippen LogP contribution in [-0.2, 0) is 4.79 Å². The highest BCUT2D eigenvalue weighted by Crippen LogP contribution is 2.21. The average Bonchev–Trinajstić information content (AvgIpc) is 3.15. The lowest BCUT2D eigenvalue weighted by Gasteiger charge is -2.31. The van der Waals surface area contributed by atoms with Crippen molar-refractivity contribution in [2.75, 3.05) is 13.1 Å². The van der Waals surface area contributed by atoms with Crippen molar-refractivity contribution in [3.63, 3.8) is 0 Å². The van der Waals surface area contributed by atoms with Crippen LogP contribution >= 0.6 is 0 Å². The van der Waals surface area contributed by atoms with E-state index in [2.05, 4.69) is 4.98 Å². The molecule has 1 unspecified atom stereocenters. The van der Waals surface area contributed by atoms with E-state index in [0.717, 1.165) is 0 Å². The summed E-state index contributed by atoms with van der Waals surface area (Å²) in [6.07, 6.45) is 4.29. The van der Waals surface area contributed by atoms with Crippen LogP contribution in [0.3, 0.4) is 0 Å². The van der Waals surface area contributed by atoms with E-state index in [9.17, 15) is 14.4 Å². The molecule has 0 radical (unpaired) electrons. The summed E-state index contributed by atoms with van der Waals surface area (Å²) in [6.45, 7) is 0.706. The van der Waals surface area contributed by atoms with Gasteiger partial charge in [0.05, 0.1) is 6.26 Å². The van der Waals surface area contributed by atoms with Gasteiger partial charge < -0.3 is 9.32 Å². The first-order valence-corrected chi connectivity index (χ1v) is 7.49. The molecule has 0 spiro atoms. The van der Waals surface area contributed by atoms with Gasteiger partial charge in [0.15, 0.2) is 11.5 Å². The van der Waals surface area contributed by atoms with E-state index in [1.54, 1.807) is 30.5 Å². The summed E-state index contributed by atoms with van der Waals surface area (Å²) >= 11 is 0. The van der Waals surface area contributed by atoms with Gasteiger partial charge in [-0.25, -0.2) is 0 Å². The number of aromatic nitrogens is 1. The SMILES string of the molecule is O=C(C(=O)N1CCCC(C(=O)c2ccccn2)C1)c1ccco1.